The molecule has 1 fully saturated rings. The maximum Gasteiger partial charge on any atom is 0.0841 e. The molecule has 1 aromatic heterocycles. The van der Waals surface area contributed by atoms with Crippen LogP contribution in [0.25, 0.3) is 10.9 Å². The van der Waals surface area contributed by atoms with Gasteiger partial charge in [0.25, 0.3) is 0 Å². The van der Waals surface area contributed by atoms with Gasteiger partial charge in [0.2, 0.25) is 0 Å². The van der Waals surface area contributed by atoms with Crippen LogP contribution in [-0.4, -0.2) is 15.8 Å². The average Bonchev–Trinajstić information content (AvgIpc) is 2.87. The summed E-state index contributed by atoms with van der Waals surface area (Å²) in [7, 11) is 0. The van der Waals surface area contributed by atoms with Crippen LogP contribution in [0.5, 0.6) is 0 Å². The highest BCUT2D eigenvalue weighted by atomic mass is 15.3. The highest BCUT2D eigenvalue weighted by molar-refractivity contribution is 5.81. The Morgan fingerprint density at radius 2 is 2.05 bits per heavy atom. The fourth-order valence-electron chi connectivity index (χ4n) is 3.67. The minimum absolute atomic E-state index is 0.638. The van der Waals surface area contributed by atoms with Crippen molar-refractivity contribution in [2.75, 3.05) is 0 Å². The molecule has 0 amide bonds. The van der Waals surface area contributed by atoms with E-state index in [1.807, 2.05) is 0 Å². The number of nitrogens with one attached hydrogen (secondary N) is 1. The summed E-state index contributed by atoms with van der Waals surface area (Å²) in [5.41, 5.74) is 2.44. The fourth-order valence-corrected chi connectivity index (χ4v) is 3.67. The number of rotatable bonds is 4. The number of benzene rings is 1. The van der Waals surface area contributed by atoms with E-state index in [0.29, 0.717) is 6.04 Å². The Morgan fingerprint density at radius 3 is 2.86 bits per heavy atom. The van der Waals surface area contributed by atoms with Crippen molar-refractivity contribution in [2.24, 2.45) is 11.8 Å². The van der Waals surface area contributed by atoms with E-state index >= 15 is 0 Å². The zero-order valence-corrected chi connectivity index (χ0v) is 13.5. The van der Waals surface area contributed by atoms with Gasteiger partial charge in [-0.1, -0.05) is 44.9 Å². The van der Waals surface area contributed by atoms with E-state index in [4.69, 9.17) is 5.10 Å². The van der Waals surface area contributed by atoms with Crippen molar-refractivity contribution >= 4 is 10.9 Å². The van der Waals surface area contributed by atoms with Crippen molar-refractivity contribution < 1.29 is 0 Å². The van der Waals surface area contributed by atoms with Gasteiger partial charge >= 0.3 is 0 Å². The number of fused-ring (bicyclic) bond motifs is 1. The van der Waals surface area contributed by atoms with Crippen LogP contribution in [0.4, 0.5) is 0 Å². The molecule has 1 aromatic carbocycles. The molecule has 1 saturated carbocycles. The first kappa shape index (κ1) is 14.6. The number of para-hydroxylation sites is 1. The molecule has 1 heterocycles. The SMILES string of the molecule is CCn1nc(CNC2CCCC(C)C2C)c2ccccc21. The van der Waals surface area contributed by atoms with E-state index in [9.17, 15) is 0 Å². The van der Waals surface area contributed by atoms with Gasteiger partial charge in [0, 0.05) is 24.5 Å². The van der Waals surface area contributed by atoms with Crippen molar-refractivity contribution in [1.29, 1.82) is 0 Å². The monoisotopic (exact) mass is 285 g/mol. The third-order valence-electron chi connectivity index (χ3n) is 5.27. The highest BCUT2D eigenvalue weighted by Crippen LogP contribution is 2.30. The largest absolute Gasteiger partial charge is 0.308 e. The summed E-state index contributed by atoms with van der Waals surface area (Å²) in [5, 5.41) is 9.86. The summed E-state index contributed by atoms with van der Waals surface area (Å²) >= 11 is 0. The van der Waals surface area contributed by atoms with Gasteiger partial charge in [0.15, 0.2) is 0 Å². The van der Waals surface area contributed by atoms with E-state index < -0.39 is 0 Å². The maximum atomic E-state index is 4.79. The Bertz CT molecular complexity index is 602. The van der Waals surface area contributed by atoms with Gasteiger partial charge in [0.1, 0.15) is 0 Å². The van der Waals surface area contributed by atoms with Crippen LogP contribution in [0.3, 0.4) is 0 Å². The van der Waals surface area contributed by atoms with Crippen LogP contribution in [0.15, 0.2) is 24.3 Å². The van der Waals surface area contributed by atoms with Crippen molar-refractivity contribution in [1.82, 2.24) is 15.1 Å². The number of aryl methyl sites for hydroxylation is 1. The molecule has 1 aliphatic rings. The highest BCUT2D eigenvalue weighted by Gasteiger charge is 2.26. The third kappa shape index (κ3) is 2.84. The average molecular weight is 285 g/mol. The van der Waals surface area contributed by atoms with E-state index in [1.165, 1.54) is 35.9 Å². The Morgan fingerprint density at radius 1 is 1.24 bits per heavy atom. The molecule has 3 heteroatoms. The molecule has 3 atom stereocenters. The molecule has 0 spiro atoms. The molecule has 3 nitrogen and oxygen atoms in total. The smallest absolute Gasteiger partial charge is 0.0841 e. The molecular formula is C18H27N3. The summed E-state index contributed by atoms with van der Waals surface area (Å²) in [5.74, 6) is 1.60. The van der Waals surface area contributed by atoms with Crippen LogP contribution < -0.4 is 5.32 Å². The zero-order valence-electron chi connectivity index (χ0n) is 13.5. The molecule has 114 valence electrons. The second-order valence-electron chi connectivity index (χ2n) is 6.53. The standard InChI is InChI=1S/C18H27N3/c1-4-21-18-11-6-5-9-15(18)17(20-21)12-19-16-10-7-8-13(2)14(16)3/h5-6,9,11,13-14,16,19H,4,7-8,10,12H2,1-3H3. The lowest BCUT2D eigenvalue weighted by molar-refractivity contribution is 0.205. The van der Waals surface area contributed by atoms with Crippen molar-refractivity contribution in [3.8, 4) is 0 Å². The first-order valence-electron chi connectivity index (χ1n) is 8.38. The van der Waals surface area contributed by atoms with E-state index in [-0.39, 0.29) is 0 Å². The quantitative estimate of drug-likeness (QED) is 0.921. The van der Waals surface area contributed by atoms with Gasteiger partial charge in [-0.2, -0.15) is 5.10 Å². The Balaban J connectivity index is 1.76. The first-order valence-corrected chi connectivity index (χ1v) is 8.38. The minimum Gasteiger partial charge on any atom is -0.308 e. The first-order chi connectivity index (χ1) is 10.2. The van der Waals surface area contributed by atoms with Gasteiger partial charge in [-0.05, 0) is 31.2 Å². The van der Waals surface area contributed by atoms with Crippen LogP contribution in [0.1, 0.15) is 45.7 Å². The predicted octanol–water partition coefficient (Wildman–Crippen LogP) is 3.97. The molecular weight excluding hydrogens is 258 g/mol. The molecule has 1 aliphatic carbocycles. The summed E-state index contributed by atoms with van der Waals surface area (Å²) < 4.78 is 2.11. The lowest BCUT2D eigenvalue weighted by Crippen LogP contribution is -2.40. The van der Waals surface area contributed by atoms with E-state index in [2.05, 4.69) is 55.0 Å². The molecule has 0 aliphatic heterocycles. The summed E-state index contributed by atoms with van der Waals surface area (Å²) in [6, 6.07) is 9.20. The van der Waals surface area contributed by atoms with Crippen LogP contribution >= 0.6 is 0 Å². The Labute approximate surface area is 127 Å². The molecule has 0 bridgehead atoms. The fraction of sp³-hybridized carbons (Fsp3) is 0.611. The lowest BCUT2D eigenvalue weighted by Gasteiger charge is -2.34. The lowest BCUT2D eigenvalue weighted by atomic mass is 9.78. The van der Waals surface area contributed by atoms with E-state index in [0.717, 1.165) is 24.9 Å². The van der Waals surface area contributed by atoms with Gasteiger partial charge in [0.05, 0.1) is 11.2 Å². The van der Waals surface area contributed by atoms with Crippen LogP contribution in [-0.2, 0) is 13.1 Å². The molecule has 0 saturated heterocycles. The number of hydrogen-bond acceptors (Lipinski definition) is 2. The van der Waals surface area contributed by atoms with Gasteiger partial charge in [-0.3, -0.25) is 4.68 Å². The summed E-state index contributed by atoms with van der Waals surface area (Å²) in [4.78, 5) is 0. The summed E-state index contributed by atoms with van der Waals surface area (Å²) in [6.45, 7) is 8.75. The van der Waals surface area contributed by atoms with Crippen LogP contribution in [0.2, 0.25) is 0 Å². The second kappa shape index (κ2) is 6.18. The second-order valence-corrected chi connectivity index (χ2v) is 6.53. The predicted molar refractivity (Wildman–Crippen MR) is 88.2 cm³/mol. The molecule has 21 heavy (non-hydrogen) atoms. The maximum absolute atomic E-state index is 4.79. The van der Waals surface area contributed by atoms with Crippen molar-refractivity contribution in [3.05, 3.63) is 30.0 Å². The molecule has 0 radical (unpaired) electrons. The van der Waals surface area contributed by atoms with Crippen LogP contribution in [0, 0.1) is 11.8 Å². The van der Waals surface area contributed by atoms with Gasteiger partial charge < -0.3 is 5.32 Å². The third-order valence-corrected chi connectivity index (χ3v) is 5.27. The topological polar surface area (TPSA) is 29.9 Å². The Hall–Kier alpha value is -1.35. The molecule has 1 N–H and O–H groups in total. The normalized spacial score (nSPS) is 26.3. The number of hydrogen-bond donors (Lipinski definition) is 1. The van der Waals surface area contributed by atoms with Crippen molar-refractivity contribution in [3.63, 3.8) is 0 Å². The van der Waals surface area contributed by atoms with E-state index in [1.54, 1.807) is 0 Å². The summed E-state index contributed by atoms with van der Waals surface area (Å²) in [6.07, 6.45) is 4.04. The molecule has 2 aromatic rings. The van der Waals surface area contributed by atoms with Crippen molar-refractivity contribution in [2.45, 2.75) is 59.2 Å². The van der Waals surface area contributed by atoms with Gasteiger partial charge in [-0.15, -0.1) is 0 Å². The molecule has 3 unspecified atom stereocenters. The number of aromatic nitrogens is 2. The molecule has 3 rings (SSSR count). The minimum atomic E-state index is 0.638. The number of nitrogens with zero attached hydrogens (tertiary/aromatic N) is 2. The zero-order chi connectivity index (χ0) is 14.8. The van der Waals surface area contributed by atoms with Gasteiger partial charge in [-0.25, -0.2) is 0 Å². The Kier molecular flexibility index (Phi) is 4.29.